The monoisotopic (exact) mass is 276 g/mol. The van der Waals surface area contributed by atoms with Gasteiger partial charge in [-0.2, -0.15) is 0 Å². The van der Waals surface area contributed by atoms with Gasteiger partial charge >= 0.3 is 5.97 Å². The van der Waals surface area contributed by atoms with Crippen LogP contribution >= 0.6 is 0 Å². The molecule has 0 saturated carbocycles. The molecule has 1 aliphatic rings. The van der Waals surface area contributed by atoms with Crippen molar-refractivity contribution >= 4 is 5.97 Å². The zero-order valence-electron chi connectivity index (χ0n) is 12.4. The molecule has 1 heterocycles. The minimum absolute atomic E-state index is 0.153. The molecule has 2 rings (SSSR count). The highest BCUT2D eigenvalue weighted by molar-refractivity contribution is 5.72. The second kappa shape index (κ2) is 7.41. The van der Waals surface area contributed by atoms with Gasteiger partial charge in [-0.25, -0.2) is 0 Å². The largest absolute Gasteiger partial charge is 0.466 e. The quantitative estimate of drug-likeness (QED) is 0.829. The van der Waals surface area contributed by atoms with E-state index in [2.05, 4.69) is 29.3 Å². The summed E-state index contributed by atoms with van der Waals surface area (Å²) in [7, 11) is 0. The van der Waals surface area contributed by atoms with Crippen molar-refractivity contribution in [3.05, 3.63) is 35.4 Å². The lowest BCUT2D eigenvalue weighted by Crippen LogP contribution is -2.49. The Morgan fingerprint density at radius 1 is 1.45 bits per heavy atom. The predicted molar refractivity (Wildman–Crippen MR) is 79.5 cm³/mol. The van der Waals surface area contributed by atoms with Gasteiger partial charge in [-0.3, -0.25) is 9.69 Å². The fourth-order valence-electron chi connectivity index (χ4n) is 2.57. The molecule has 0 aliphatic carbocycles. The minimum Gasteiger partial charge on any atom is -0.466 e. The first kappa shape index (κ1) is 15.0. The molecule has 0 bridgehead atoms. The molecule has 1 N–H and O–H groups in total. The Bertz CT molecular complexity index is 448. The molecule has 0 spiro atoms. The van der Waals surface area contributed by atoms with Gasteiger partial charge in [0.2, 0.25) is 0 Å². The smallest absolute Gasteiger partial charge is 0.310 e. The van der Waals surface area contributed by atoms with Gasteiger partial charge in [0.15, 0.2) is 0 Å². The zero-order chi connectivity index (χ0) is 14.4. The van der Waals surface area contributed by atoms with Gasteiger partial charge in [0, 0.05) is 32.2 Å². The number of esters is 1. The predicted octanol–water partition coefficient (Wildman–Crippen LogP) is 1.59. The maximum Gasteiger partial charge on any atom is 0.310 e. The van der Waals surface area contributed by atoms with Gasteiger partial charge in [0.25, 0.3) is 0 Å². The number of ether oxygens (including phenoxy) is 1. The standard InChI is InChI=1S/C16H24N2O2/c1-3-20-16(19)10-14-5-4-6-15(9-14)12-18-8-7-17-11-13(18)2/h4-6,9,13,17H,3,7-8,10-12H2,1-2H3. The van der Waals surface area contributed by atoms with E-state index in [1.165, 1.54) is 5.56 Å². The average Bonchev–Trinajstić information content (AvgIpc) is 2.42. The van der Waals surface area contributed by atoms with E-state index in [-0.39, 0.29) is 5.97 Å². The molecule has 4 nitrogen and oxygen atoms in total. The van der Waals surface area contributed by atoms with E-state index in [0.29, 0.717) is 19.1 Å². The highest BCUT2D eigenvalue weighted by atomic mass is 16.5. The van der Waals surface area contributed by atoms with Crippen molar-refractivity contribution in [3.8, 4) is 0 Å². The van der Waals surface area contributed by atoms with Crippen molar-refractivity contribution in [3.63, 3.8) is 0 Å². The average molecular weight is 276 g/mol. The summed E-state index contributed by atoms with van der Waals surface area (Å²) in [5.74, 6) is -0.153. The topological polar surface area (TPSA) is 41.6 Å². The van der Waals surface area contributed by atoms with E-state index in [9.17, 15) is 4.79 Å². The molecule has 1 fully saturated rings. The summed E-state index contributed by atoms with van der Waals surface area (Å²) in [5, 5.41) is 3.40. The van der Waals surface area contributed by atoms with Crippen molar-refractivity contribution < 1.29 is 9.53 Å². The van der Waals surface area contributed by atoms with Crippen LogP contribution in [0.2, 0.25) is 0 Å². The van der Waals surface area contributed by atoms with Gasteiger partial charge in [-0.1, -0.05) is 24.3 Å². The van der Waals surface area contributed by atoms with Crippen LogP contribution in [0.25, 0.3) is 0 Å². The number of piperazine rings is 1. The first-order valence-electron chi connectivity index (χ1n) is 7.37. The molecule has 1 aromatic carbocycles. The number of rotatable bonds is 5. The van der Waals surface area contributed by atoms with Crippen molar-refractivity contribution in [1.29, 1.82) is 0 Å². The molecule has 0 aromatic heterocycles. The fraction of sp³-hybridized carbons (Fsp3) is 0.562. The van der Waals surface area contributed by atoms with Gasteiger partial charge in [-0.15, -0.1) is 0 Å². The normalized spacial score (nSPS) is 19.8. The summed E-state index contributed by atoms with van der Waals surface area (Å²) in [6, 6.07) is 8.81. The second-order valence-electron chi connectivity index (χ2n) is 5.33. The molecule has 1 aromatic rings. The Kier molecular flexibility index (Phi) is 5.56. The van der Waals surface area contributed by atoms with Crippen molar-refractivity contribution in [2.24, 2.45) is 0 Å². The van der Waals surface area contributed by atoms with Gasteiger partial charge in [0.05, 0.1) is 13.0 Å². The summed E-state index contributed by atoms with van der Waals surface area (Å²) in [6.45, 7) is 8.63. The first-order chi connectivity index (χ1) is 9.69. The van der Waals surface area contributed by atoms with Crippen LogP contribution in [0, 0.1) is 0 Å². The van der Waals surface area contributed by atoms with Crippen LogP contribution in [0.15, 0.2) is 24.3 Å². The molecule has 1 unspecified atom stereocenters. The third kappa shape index (κ3) is 4.32. The van der Waals surface area contributed by atoms with E-state index in [1.807, 2.05) is 19.1 Å². The van der Waals surface area contributed by atoms with Crippen molar-refractivity contribution in [2.45, 2.75) is 32.9 Å². The highest BCUT2D eigenvalue weighted by Gasteiger charge is 2.17. The molecule has 110 valence electrons. The van der Waals surface area contributed by atoms with Crippen LogP contribution in [-0.2, 0) is 22.5 Å². The lowest BCUT2D eigenvalue weighted by atomic mass is 10.1. The molecular weight excluding hydrogens is 252 g/mol. The number of nitrogens with zero attached hydrogens (tertiary/aromatic N) is 1. The number of nitrogens with one attached hydrogen (secondary N) is 1. The van der Waals surface area contributed by atoms with Gasteiger partial charge in [-0.05, 0) is 25.0 Å². The van der Waals surface area contributed by atoms with Crippen LogP contribution < -0.4 is 5.32 Å². The van der Waals surface area contributed by atoms with E-state index in [0.717, 1.165) is 31.7 Å². The van der Waals surface area contributed by atoms with Crippen LogP contribution in [-0.4, -0.2) is 43.2 Å². The van der Waals surface area contributed by atoms with Crippen LogP contribution in [0.1, 0.15) is 25.0 Å². The molecule has 1 atom stereocenters. The number of benzene rings is 1. The lowest BCUT2D eigenvalue weighted by Gasteiger charge is -2.33. The van der Waals surface area contributed by atoms with E-state index in [1.54, 1.807) is 0 Å². The third-order valence-corrected chi connectivity index (χ3v) is 3.67. The van der Waals surface area contributed by atoms with E-state index in [4.69, 9.17) is 4.74 Å². The SMILES string of the molecule is CCOC(=O)Cc1cccc(CN2CCNCC2C)c1. The van der Waals surface area contributed by atoms with Crippen molar-refractivity contribution in [2.75, 3.05) is 26.2 Å². The molecule has 0 radical (unpaired) electrons. The molecule has 4 heteroatoms. The first-order valence-corrected chi connectivity index (χ1v) is 7.37. The minimum atomic E-state index is -0.153. The van der Waals surface area contributed by atoms with E-state index >= 15 is 0 Å². The van der Waals surface area contributed by atoms with Gasteiger partial charge < -0.3 is 10.1 Å². The Hall–Kier alpha value is -1.39. The second-order valence-corrected chi connectivity index (χ2v) is 5.33. The summed E-state index contributed by atoms with van der Waals surface area (Å²) in [4.78, 5) is 14.0. The molecular formula is C16H24N2O2. The van der Waals surface area contributed by atoms with Crippen LogP contribution in [0.3, 0.4) is 0 Å². The Balaban J connectivity index is 1.96. The Morgan fingerprint density at radius 3 is 3.00 bits per heavy atom. The Morgan fingerprint density at radius 2 is 2.25 bits per heavy atom. The van der Waals surface area contributed by atoms with Crippen LogP contribution in [0.5, 0.6) is 0 Å². The molecule has 1 saturated heterocycles. The highest BCUT2D eigenvalue weighted by Crippen LogP contribution is 2.12. The number of hydrogen-bond acceptors (Lipinski definition) is 4. The van der Waals surface area contributed by atoms with E-state index < -0.39 is 0 Å². The molecule has 20 heavy (non-hydrogen) atoms. The van der Waals surface area contributed by atoms with Gasteiger partial charge in [0.1, 0.15) is 0 Å². The number of carbonyl (C=O) groups excluding carboxylic acids is 1. The zero-order valence-corrected chi connectivity index (χ0v) is 12.4. The lowest BCUT2D eigenvalue weighted by molar-refractivity contribution is -0.142. The maximum atomic E-state index is 11.5. The van der Waals surface area contributed by atoms with Crippen molar-refractivity contribution in [1.82, 2.24) is 10.2 Å². The summed E-state index contributed by atoms with van der Waals surface area (Å²) >= 11 is 0. The Labute approximate surface area is 121 Å². The fourth-order valence-corrected chi connectivity index (χ4v) is 2.57. The third-order valence-electron chi connectivity index (χ3n) is 3.67. The van der Waals surface area contributed by atoms with Crippen LogP contribution in [0.4, 0.5) is 0 Å². The summed E-state index contributed by atoms with van der Waals surface area (Å²) < 4.78 is 5.00. The summed E-state index contributed by atoms with van der Waals surface area (Å²) in [5.41, 5.74) is 2.30. The number of carbonyl (C=O) groups is 1. The molecule has 1 aliphatic heterocycles. The summed E-state index contributed by atoms with van der Waals surface area (Å²) in [6.07, 6.45) is 0.360. The maximum absolute atomic E-state index is 11.5. The molecule has 0 amide bonds. The number of hydrogen-bond donors (Lipinski definition) is 1.